The number of nitrogens with zero attached hydrogens (tertiary/aromatic N) is 3. The van der Waals surface area contributed by atoms with Crippen LogP contribution in [0.4, 0.5) is 0 Å². The van der Waals surface area contributed by atoms with Crippen LogP contribution in [0.25, 0.3) is 10.4 Å². The molecule has 0 unspecified atom stereocenters. The van der Waals surface area contributed by atoms with Gasteiger partial charge in [0.05, 0.1) is 0 Å². The van der Waals surface area contributed by atoms with E-state index >= 15 is 0 Å². The van der Waals surface area contributed by atoms with Gasteiger partial charge in [-0.05, 0) is 40.3 Å². The predicted molar refractivity (Wildman–Crippen MR) is 56.5 cm³/mol. The van der Waals surface area contributed by atoms with Gasteiger partial charge in [0.1, 0.15) is 18.4 Å². The van der Waals surface area contributed by atoms with E-state index in [2.05, 4.69) is 32.6 Å². The van der Waals surface area contributed by atoms with Crippen LogP contribution >= 0.6 is 22.6 Å². The molecule has 4 nitrogen and oxygen atoms in total. The number of benzene rings is 1. The molecule has 1 aliphatic rings. The summed E-state index contributed by atoms with van der Waals surface area (Å²) in [6.07, 6.45) is 0. The van der Waals surface area contributed by atoms with Gasteiger partial charge in [-0.2, -0.15) is 0 Å². The Morgan fingerprint density at radius 3 is 3.23 bits per heavy atom. The Balaban J connectivity index is 2.51. The molecule has 0 amide bonds. The van der Waals surface area contributed by atoms with Crippen molar-refractivity contribution in [2.45, 2.75) is 6.04 Å². The molecule has 0 bridgehead atoms. The highest BCUT2D eigenvalue weighted by Gasteiger charge is 2.24. The fourth-order valence-corrected chi connectivity index (χ4v) is 2.20. The number of fused-ring (bicyclic) bond motifs is 1. The van der Waals surface area contributed by atoms with E-state index in [1.54, 1.807) is 0 Å². The molecule has 1 atom stereocenters. The van der Waals surface area contributed by atoms with Crippen molar-refractivity contribution in [3.63, 3.8) is 0 Å². The van der Waals surface area contributed by atoms with Crippen LogP contribution in [-0.2, 0) is 0 Å². The largest absolute Gasteiger partial charge is 0.492 e. The number of hydrogen-bond donors (Lipinski definition) is 0. The van der Waals surface area contributed by atoms with Gasteiger partial charge in [0.15, 0.2) is 0 Å². The first-order chi connectivity index (χ1) is 6.33. The number of halogens is 1. The molecule has 0 fully saturated rings. The summed E-state index contributed by atoms with van der Waals surface area (Å²) in [5, 5.41) is 3.68. The minimum absolute atomic E-state index is 0.159. The van der Waals surface area contributed by atoms with E-state index in [4.69, 9.17) is 10.3 Å². The third-order valence-corrected chi connectivity index (χ3v) is 2.87. The van der Waals surface area contributed by atoms with Crippen molar-refractivity contribution in [2.75, 3.05) is 6.61 Å². The van der Waals surface area contributed by atoms with Gasteiger partial charge in [-0.1, -0.05) is 11.2 Å². The Hall–Kier alpha value is -0.940. The molecule has 13 heavy (non-hydrogen) atoms. The first-order valence-electron chi connectivity index (χ1n) is 3.78. The van der Waals surface area contributed by atoms with Gasteiger partial charge < -0.3 is 4.74 Å². The van der Waals surface area contributed by atoms with E-state index in [1.165, 1.54) is 0 Å². The summed E-state index contributed by atoms with van der Waals surface area (Å²) >= 11 is 2.22. The van der Waals surface area contributed by atoms with Crippen LogP contribution in [0.3, 0.4) is 0 Å². The van der Waals surface area contributed by atoms with Crippen LogP contribution in [0.2, 0.25) is 0 Å². The summed E-state index contributed by atoms with van der Waals surface area (Å²) in [4.78, 5) is 2.80. The zero-order valence-corrected chi connectivity index (χ0v) is 8.80. The Bertz CT molecular complexity index is 387. The second-order valence-corrected chi connectivity index (χ2v) is 3.85. The molecule has 0 saturated carbocycles. The molecule has 0 N–H and O–H groups in total. The molecule has 0 saturated heterocycles. The average Bonchev–Trinajstić information content (AvgIpc) is 2.51. The number of ether oxygens (including phenoxy) is 1. The van der Waals surface area contributed by atoms with Crippen molar-refractivity contribution < 1.29 is 4.74 Å². The molecule has 0 radical (unpaired) electrons. The summed E-state index contributed by atoms with van der Waals surface area (Å²) in [6, 6.07) is 5.64. The maximum atomic E-state index is 8.34. The molecule has 1 aromatic rings. The second-order valence-electron chi connectivity index (χ2n) is 2.68. The summed E-state index contributed by atoms with van der Waals surface area (Å²) in [7, 11) is 0. The van der Waals surface area contributed by atoms with Crippen molar-refractivity contribution in [3.8, 4) is 5.75 Å². The Morgan fingerprint density at radius 2 is 2.46 bits per heavy atom. The lowest BCUT2D eigenvalue weighted by Gasteiger charge is -2.01. The second kappa shape index (κ2) is 3.43. The molecule has 2 rings (SSSR count). The normalized spacial score (nSPS) is 18.7. The fraction of sp³-hybridized carbons (Fsp3) is 0.250. The number of rotatable bonds is 1. The van der Waals surface area contributed by atoms with Gasteiger partial charge in [-0.3, -0.25) is 0 Å². The van der Waals surface area contributed by atoms with Crippen molar-refractivity contribution in [2.24, 2.45) is 5.11 Å². The smallest absolute Gasteiger partial charge is 0.124 e. The number of azide groups is 1. The monoisotopic (exact) mass is 287 g/mol. The molecule has 0 aliphatic carbocycles. The molecule has 0 spiro atoms. The summed E-state index contributed by atoms with van der Waals surface area (Å²) < 4.78 is 6.46. The molecule has 5 heteroatoms. The van der Waals surface area contributed by atoms with Crippen LogP contribution in [0, 0.1) is 3.57 Å². The van der Waals surface area contributed by atoms with Gasteiger partial charge in [0.25, 0.3) is 0 Å². The van der Waals surface area contributed by atoms with E-state index in [0.29, 0.717) is 6.61 Å². The van der Waals surface area contributed by atoms with Crippen molar-refractivity contribution in [3.05, 3.63) is 37.8 Å². The van der Waals surface area contributed by atoms with E-state index in [1.807, 2.05) is 18.2 Å². The van der Waals surface area contributed by atoms with E-state index in [0.717, 1.165) is 14.9 Å². The van der Waals surface area contributed by atoms with Crippen LogP contribution in [0.5, 0.6) is 5.75 Å². The highest BCUT2D eigenvalue weighted by molar-refractivity contribution is 14.1. The van der Waals surface area contributed by atoms with Gasteiger partial charge >= 0.3 is 0 Å². The van der Waals surface area contributed by atoms with Gasteiger partial charge in [-0.25, -0.2) is 0 Å². The zero-order chi connectivity index (χ0) is 9.26. The third-order valence-electron chi connectivity index (χ3n) is 1.93. The first kappa shape index (κ1) is 8.65. The lowest BCUT2D eigenvalue weighted by Crippen LogP contribution is -1.96. The van der Waals surface area contributed by atoms with E-state index in [9.17, 15) is 0 Å². The van der Waals surface area contributed by atoms with Crippen molar-refractivity contribution in [1.29, 1.82) is 0 Å². The highest BCUT2D eigenvalue weighted by atomic mass is 127. The standard InChI is InChI=1S/C8H6IN3O/c9-5-2-1-3-7-8(5)6(4-13-7)11-12-10/h1-3,6H,4H2/t6-/m0/s1. The van der Waals surface area contributed by atoms with Crippen LogP contribution < -0.4 is 4.74 Å². The minimum atomic E-state index is -0.159. The summed E-state index contributed by atoms with van der Waals surface area (Å²) in [5.41, 5.74) is 9.36. The predicted octanol–water partition coefficient (Wildman–Crippen LogP) is 3.04. The third kappa shape index (κ3) is 1.45. The number of hydrogen-bond acceptors (Lipinski definition) is 2. The van der Waals surface area contributed by atoms with Crippen LogP contribution in [0.15, 0.2) is 23.3 Å². The lowest BCUT2D eigenvalue weighted by molar-refractivity contribution is 0.333. The SMILES string of the molecule is [N-]=[N+]=N[C@H]1COc2cccc(I)c21. The molecule has 1 aliphatic heterocycles. The van der Waals surface area contributed by atoms with Crippen molar-refractivity contribution in [1.82, 2.24) is 0 Å². The molecular weight excluding hydrogens is 281 g/mol. The summed E-state index contributed by atoms with van der Waals surface area (Å²) in [5.74, 6) is 0.837. The topological polar surface area (TPSA) is 58.0 Å². The average molecular weight is 287 g/mol. The molecule has 1 aromatic carbocycles. The van der Waals surface area contributed by atoms with Gasteiger partial charge in [0, 0.05) is 14.0 Å². The Morgan fingerprint density at radius 1 is 1.62 bits per heavy atom. The van der Waals surface area contributed by atoms with Gasteiger partial charge in [-0.15, -0.1) is 0 Å². The lowest BCUT2D eigenvalue weighted by atomic mass is 10.1. The molecule has 1 heterocycles. The molecule has 66 valence electrons. The van der Waals surface area contributed by atoms with Crippen LogP contribution in [0.1, 0.15) is 11.6 Å². The maximum absolute atomic E-state index is 8.34. The van der Waals surface area contributed by atoms with E-state index in [-0.39, 0.29) is 6.04 Å². The molecular formula is C8H6IN3O. The van der Waals surface area contributed by atoms with Gasteiger partial charge in [0.2, 0.25) is 0 Å². The Kier molecular flexibility index (Phi) is 2.28. The van der Waals surface area contributed by atoms with E-state index < -0.39 is 0 Å². The first-order valence-corrected chi connectivity index (χ1v) is 4.86. The highest BCUT2D eigenvalue weighted by Crippen LogP contribution is 2.37. The Labute approximate surface area is 88.7 Å². The zero-order valence-electron chi connectivity index (χ0n) is 6.64. The summed E-state index contributed by atoms with van der Waals surface area (Å²) in [6.45, 7) is 0.458. The van der Waals surface area contributed by atoms with Crippen LogP contribution in [-0.4, -0.2) is 6.61 Å². The quantitative estimate of drug-likeness (QED) is 0.339. The minimum Gasteiger partial charge on any atom is -0.492 e. The molecule has 0 aromatic heterocycles. The maximum Gasteiger partial charge on any atom is 0.124 e. The van der Waals surface area contributed by atoms with Crippen molar-refractivity contribution >= 4 is 22.6 Å². The fourth-order valence-electron chi connectivity index (χ4n) is 1.37.